The van der Waals surface area contributed by atoms with Crippen molar-refractivity contribution in [2.75, 3.05) is 6.61 Å². The van der Waals surface area contributed by atoms with E-state index >= 15 is 0 Å². The van der Waals surface area contributed by atoms with Crippen molar-refractivity contribution in [3.63, 3.8) is 0 Å². The third-order valence-electron chi connectivity index (χ3n) is 6.85. The van der Waals surface area contributed by atoms with Crippen molar-refractivity contribution in [3.05, 3.63) is 59.9 Å². The highest BCUT2D eigenvalue weighted by atomic mass is 19.4. The molecule has 1 atom stereocenters. The molecule has 0 saturated carbocycles. The topological polar surface area (TPSA) is 93.8 Å². The van der Waals surface area contributed by atoms with E-state index in [0.29, 0.717) is 11.1 Å². The van der Waals surface area contributed by atoms with Gasteiger partial charge in [-0.15, -0.1) is 0 Å². The average molecular weight is 561 g/mol. The maximum atomic E-state index is 14.6. The molecular formula is C30H35F3N2O5. The molecule has 10 heteroatoms. The molecular weight excluding hydrogens is 525 g/mol. The number of hydrogen-bond donors (Lipinski definition) is 2. The molecule has 3 aromatic rings. The van der Waals surface area contributed by atoms with Gasteiger partial charge in [-0.05, 0) is 77.3 Å². The summed E-state index contributed by atoms with van der Waals surface area (Å²) in [4.78, 5) is 12.9. The quantitative estimate of drug-likeness (QED) is 0.347. The van der Waals surface area contributed by atoms with Crippen LogP contribution in [0.2, 0.25) is 0 Å². The van der Waals surface area contributed by atoms with Crippen LogP contribution < -0.4 is 4.74 Å². The fraction of sp³-hybridized carbons (Fsp3) is 0.467. The number of esters is 1. The predicted molar refractivity (Wildman–Crippen MR) is 144 cm³/mol. The van der Waals surface area contributed by atoms with Gasteiger partial charge in [0.25, 0.3) is 0 Å². The molecule has 1 aliphatic carbocycles. The van der Waals surface area contributed by atoms with Crippen LogP contribution >= 0.6 is 0 Å². The molecule has 2 N–H and O–H groups in total. The summed E-state index contributed by atoms with van der Waals surface area (Å²) in [6.45, 7) is 11.8. The van der Waals surface area contributed by atoms with E-state index in [1.165, 1.54) is 35.1 Å². The summed E-state index contributed by atoms with van der Waals surface area (Å²) in [5, 5.41) is 25.7. The second-order valence-electron chi connectivity index (χ2n) is 12.3. The summed E-state index contributed by atoms with van der Waals surface area (Å²) < 4.78 is 56.5. The maximum absolute atomic E-state index is 14.6. The summed E-state index contributed by atoms with van der Waals surface area (Å²) >= 11 is 0. The van der Waals surface area contributed by atoms with Gasteiger partial charge in [0.15, 0.2) is 5.54 Å². The molecule has 4 rings (SSSR count). The second kappa shape index (κ2) is 9.62. The van der Waals surface area contributed by atoms with Crippen LogP contribution in [0.15, 0.2) is 48.8 Å². The van der Waals surface area contributed by atoms with Gasteiger partial charge in [-0.2, -0.15) is 18.3 Å². The zero-order valence-electron chi connectivity index (χ0n) is 23.7. The third kappa shape index (κ3) is 5.34. The minimum Gasteiger partial charge on any atom is -0.493 e. The summed E-state index contributed by atoms with van der Waals surface area (Å²) in [7, 11) is 0. The van der Waals surface area contributed by atoms with Gasteiger partial charge in [0.1, 0.15) is 11.4 Å². The normalized spacial score (nSPS) is 17.4. The van der Waals surface area contributed by atoms with Gasteiger partial charge < -0.3 is 19.7 Å². The van der Waals surface area contributed by atoms with E-state index in [0.717, 1.165) is 0 Å². The van der Waals surface area contributed by atoms with Crippen LogP contribution in [0, 0.1) is 0 Å². The van der Waals surface area contributed by atoms with Crippen LogP contribution in [-0.2, 0) is 20.7 Å². The van der Waals surface area contributed by atoms with Crippen LogP contribution in [-0.4, -0.2) is 49.9 Å². The number of halogens is 3. The summed E-state index contributed by atoms with van der Waals surface area (Å²) in [5.41, 5.74) is -5.73. The highest BCUT2D eigenvalue weighted by molar-refractivity contribution is 5.93. The molecule has 0 radical (unpaired) electrons. The smallest absolute Gasteiger partial charge is 0.425 e. The number of rotatable bonds is 7. The zero-order valence-corrected chi connectivity index (χ0v) is 23.7. The van der Waals surface area contributed by atoms with E-state index in [1.54, 1.807) is 66.8 Å². The number of alkyl halides is 3. The van der Waals surface area contributed by atoms with Crippen LogP contribution in [0.3, 0.4) is 0 Å². The van der Waals surface area contributed by atoms with Crippen molar-refractivity contribution in [3.8, 4) is 28.0 Å². The van der Waals surface area contributed by atoms with Gasteiger partial charge in [-0.1, -0.05) is 24.3 Å². The SMILES string of the molecule is CC(C)(O)CCOc1cc(-c2cnn(C(C)(C)C(=O)OC(C)(C)C)c2)c2c(c1)[C@@](O)(C(F)(F)F)c1ccccc1-2. The van der Waals surface area contributed by atoms with Crippen LogP contribution in [0.5, 0.6) is 5.75 Å². The fourth-order valence-electron chi connectivity index (χ4n) is 4.65. The molecule has 0 spiro atoms. The maximum Gasteiger partial charge on any atom is 0.425 e. The average Bonchev–Trinajstić information content (AvgIpc) is 3.40. The lowest BCUT2D eigenvalue weighted by molar-refractivity contribution is -0.246. The van der Waals surface area contributed by atoms with E-state index < -0.39 is 34.5 Å². The van der Waals surface area contributed by atoms with Gasteiger partial charge in [0, 0.05) is 29.3 Å². The summed E-state index contributed by atoms with van der Waals surface area (Å²) in [5.74, 6) is -0.437. The molecule has 1 aromatic heterocycles. The third-order valence-corrected chi connectivity index (χ3v) is 6.85. The first-order valence-electron chi connectivity index (χ1n) is 13.0. The van der Waals surface area contributed by atoms with E-state index in [9.17, 15) is 28.2 Å². The molecule has 0 unspecified atom stereocenters. The van der Waals surface area contributed by atoms with Crippen molar-refractivity contribution in [2.45, 2.75) is 83.4 Å². The Morgan fingerprint density at radius 1 is 1.00 bits per heavy atom. The Hall–Kier alpha value is -3.37. The first-order valence-corrected chi connectivity index (χ1v) is 13.0. The fourth-order valence-corrected chi connectivity index (χ4v) is 4.65. The molecule has 40 heavy (non-hydrogen) atoms. The van der Waals surface area contributed by atoms with Gasteiger partial charge in [-0.25, -0.2) is 4.79 Å². The first kappa shape index (κ1) is 29.6. The minimum absolute atomic E-state index is 0.0318. The Morgan fingerprint density at radius 3 is 2.25 bits per heavy atom. The van der Waals surface area contributed by atoms with E-state index in [-0.39, 0.29) is 41.0 Å². The number of ether oxygens (including phenoxy) is 2. The monoisotopic (exact) mass is 560 g/mol. The van der Waals surface area contributed by atoms with E-state index in [2.05, 4.69) is 5.10 Å². The summed E-state index contributed by atoms with van der Waals surface area (Å²) in [6, 6.07) is 8.64. The lowest BCUT2D eigenvalue weighted by atomic mass is 9.89. The Labute approximate surface area is 231 Å². The van der Waals surface area contributed by atoms with Gasteiger partial charge in [0.2, 0.25) is 5.60 Å². The lowest BCUT2D eigenvalue weighted by Crippen LogP contribution is -2.41. The van der Waals surface area contributed by atoms with Crippen molar-refractivity contribution < 1.29 is 37.7 Å². The van der Waals surface area contributed by atoms with Crippen molar-refractivity contribution in [1.29, 1.82) is 0 Å². The van der Waals surface area contributed by atoms with Gasteiger partial charge in [-0.3, -0.25) is 4.68 Å². The minimum atomic E-state index is -5.03. The molecule has 1 heterocycles. The molecule has 216 valence electrons. The number of carbonyl (C=O) groups excluding carboxylic acids is 1. The molecule has 7 nitrogen and oxygen atoms in total. The molecule has 0 amide bonds. The van der Waals surface area contributed by atoms with Gasteiger partial charge >= 0.3 is 12.1 Å². The summed E-state index contributed by atoms with van der Waals surface area (Å²) in [6.07, 6.45) is -1.78. The molecule has 2 aromatic carbocycles. The zero-order chi connectivity index (χ0) is 29.9. The van der Waals surface area contributed by atoms with Gasteiger partial charge in [0.05, 0.1) is 18.4 Å². The number of hydrogen-bond acceptors (Lipinski definition) is 6. The van der Waals surface area contributed by atoms with Crippen molar-refractivity contribution in [1.82, 2.24) is 9.78 Å². The lowest BCUT2D eigenvalue weighted by Gasteiger charge is -2.29. The predicted octanol–water partition coefficient (Wildman–Crippen LogP) is 5.95. The molecule has 1 aliphatic rings. The Kier molecular flexibility index (Phi) is 7.12. The van der Waals surface area contributed by atoms with E-state index in [4.69, 9.17) is 9.47 Å². The molecule has 0 fully saturated rings. The Balaban J connectivity index is 1.89. The van der Waals surface area contributed by atoms with Crippen molar-refractivity contribution >= 4 is 5.97 Å². The first-order chi connectivity index (χ1) is 18.3. The number of carbonyl (C=O) groups is 1. The van der Waals surface area contributed by atoms with Crippen LogP contribution in [0.4, 0.5) is 13.2 Å². The van der Waals surface area contributed by atoms with Crippen LogP contribution in [0.25, 0.3) is 22.3 Å². The highest BCUT2D eigenvalue weighted by Gasteiger charge is 2.61. The molecule has 0 bridgehead atoms. The molecule has 0 aliphatic heterocycles. The van der Waals surface area contributed by atoms with Crippen molar-refractivity contribution in [2.24, 2.45) is 0 Å². The number of benzene rings is 2. The largest absolute Gasteiger partial charge is 0.493 e. The Bertz CT molecular complexity index is 1430. The standard InChI is InChI=1S/C30H35F3N2O5/c1-26(2,3)40-25(36)28(6,7)35-17-18(16-34-35)21-14-19(39-13-12-27(4,5)37)15-23-24(21)20-10-8-9-11-22(20)29(23,38)30(31,32)33/h8-11,14-17,37-38H,12-13H2,1-7H3/t29-/m1/s1. The number of nitrogens with zero attached hydrogens (tertiary/aromatic N) is 2. The second-order valence-corrected chi connectivity index (χ2v) is 12.3. The van der Waals surface area contributed by atoms with E-state index in [1.807, 2.05) is 0 Å². The molecule has 0 saturated heterocycles. The number of aromatic nitrogens is 2. The van der Waals surface area contributed by atoms with Crippen LogP contribution in [0.1, 0.15) is 66.0 Å². The highest BCUT2D eigenvalue weighted by Crippen LogP contribution is 2.58. The Morgan fingerprint density at radius 2 is 1.65 bits per heavy atom. The number of fused-ring (bicyclic) bond motifs is 3. The number of aliphatic hydroxyl groups is 2.